The first-order chi connectivity index (χ1) is 13.7. The van der Waals surface area contributed by atoms with E-state index in [0.717, 1.165) is 21.4 Å². The van der Waals surface area contributed by atoms with E-state index in [1.165, 1.54) is 17.1 Å². The quantitative estimate of drug-likeness (QED) is 0.427. The Morgan fingerprint density at radius 2 is 2.14 bits per heavy atom. The Balaban J connectivity index is 1.64. The van der Waals surface area contributed by atoms with Crippen molar-refractivity contribution in [3.63, 3.8) is 0 Å². The van der Waals surface area contributed by atoms with E-state index >= 15 is 0 Å². The first-order valence-corrected chi connectivity index (χ1v) is 9.80. The molecule has 10 heteroatoms. The van der Waals surface area contributed by atoms with E-state index in [9.17, 15) is 14.9 Å². The molecule has 9 nitrogen and oxygen atoms in total. The molecule has 0 aliphatic heterocycles. The molecule has 0 aliphatic rings. The lowest BCUT2D eigenvalue weighted by Gasteiger charge is -2.13. The maximum absolute atomic E-state index is 12.5. The number of aryl methyl sites for hydroxylation is 1. The molecule has 2 heterocycles. The van der Waals surface area contributed by atoms with E-state index in [0.29, 0.717) is 12.2 Å². The van der Waals surface area contributed by atoms with Crippen LogP contribution >= 0.6 is 15.9 Å². The monoisotopic (exact) mass is 460 g/mol. The molecule has 29 heavy (non-hydrogen) atoms. The second kappa shape index (κ2) is 8.56. The molecule has 0 aliphatic carbocycles. The molecule has 152 valence electrons. The van der Waals surface area contributed by atoms with Gasteiger partial charge in [-0.05, 0) is 47.5 Å². The third-order valence-corrected chi connectivity index (χ3v) is 5.71. The van der Waals surface area contributed by atoms with E-state index in [1.54, 1.807) is 6.92 Å². The summed E-state index contributed by atoms with van der Waals surface area (Å²) in [6, 6.07) is 7.59. The minimum Gasteiger partial charge on any atom is -0.326 e. The Kier molecular flexibility index (Phi) is 6.12. The molecule has 0 radical (unpaired) electrons. The van der Waals surface area contributed by atoms with Crippen molar-refractivity contribution in [3.8, 4) is 0 Å². The Morgan fingerprint density at radius 1 is 1.38 bits per heavy atom. The average Bonchev–Trinajstić information content (AvgIpc) is 3.23. The van der Waals surface area contributed by atoms with Crippen LogP contribution in [0.1, 0.15) is 23.9 Å². The van der Waals surface area contributed by atoms with Crippen molar-refractivity contribution in [2.45, 2.75) is 33.9 Å². The minimum absolute atomic E-state index is 0.0962. The second-order valence-corrected chi connectivity index (χ2v) is 7.70. The van der Waals surface area contributed by atoms with Gasteiger partial charge >= 0.3 is 5.69 Å². The second-order valence-electron chi connectivity index (χ2n) is 6.91. The molecular formula is C19H21BrN6O3. The standard InChI is InChI=1S/C19H21BrN6O3/c1-12(9-24-11-17(8-21-24)26(28)29)19(27)22-16-6-4-5-15(7-16)10-25-14(3)18(20)13(2)23-25/h4-8,11-12H,9-10H2,1-3H3,(H,22,27). The van der Waals surface area contributed by atoms with Crippen LogP contribution in [0, 0.1) is 29.9 Å². The highest BCUT2D eigenvalue weighted by molar-refractivity contribution is 9.10. The highest BCUT2D eigenvalue weighted by Crippen LogP contribution is 2.21. The number of benzene rings is 1. The number of anilines is 1. The minimum atomic E-state index is -0.513. The van der Waals surface area contributed by atoms with Gasteiger partial charge in [-0.15, -0.1) is 0 Å². The predicted octanol–water partition coefficient (Wildman–Crippen LogP) is 3.69. The van der Waals surface area contributed by atoms with E-state index < -0.39 is 10.8 Å². The summed E-state index contributed by atoms with van der Waals surface area (Å²) in [4.78, 5) is 22.7. The summed E-state index contributed by atoms with van der Waals surface area (Å²) in [5.74, 6) is -0.598. The maximum Gasteiger partial charge on any atom is 0.306 e. The Labute approximate surface area is 176 Å². The molecule has 0 bridgehead atoms. The van der Waals surface area contributed by atoms with Crippen LogP contribution in [0.15, 0.2) is 41.1 Å². The number of nitrogens with zero attached hydrogens (tertiary/aromatic N) is 5. The lowest BCUT2D eigenvalue weighted by Crippen LogP contribution is -2.24. The number of hydrogen-bond acceptors (Lipinski definition) is 5. The van der Waals surface area contributed by atoms with Crippen LogP contribution in [-0.2, 0) is 17.9 Å². The molecule has 0 fully saturated rings. The average molecular weight is 461 g/mol. The number of amides is 1. The SMILES string of the molecule is Cc1nn(Cc2cccc(NC(=O)C(C)Cn3cc([N+](=O)[O-])cn3)c2)c(C)c1Br. The van der Waals surface area contributed by atoms with Gasteiger partial charge in [0.25, 0.3) is 0 Å². The molecule has 1 amide bonds. The molecule has 1 unspecified atom stereocenters. The molecule has 1 atom stereocenters. The predicted molar refractivity (Wildman–Crippen MR) is 112 cm³/mol. The van der Waals surface area contributed by atoms with Gasteiger partial charge in [-0.3, -0.25) is 24.3 Å². The first kappa shape index (κ1) is 20.7. The van der Waals surface area contributed by atoms with E-state index in [2.05, 4.69) is 31.4 Å². The maximum atomic E-state index is 12.5. The van der Waals surface area contributed by atoms with Gasteiger partial charge in [0, 0.05) is 5.69 Å². The van der Waals surface area contributed by atoms with E-state index in [-0.39, 0.29) is 18.1 Å². The summed E-state index contributed by atoms with van der Waals surface area (Å²) >= 11 is 3.53. The number of aromatic nitrogens is 4. The summed E-state index contributed by atoms with van der Waals surface area (Å²) in [5, 5.41) is 22.1. The summed E-state index contributed by atoms with van der Waals surface area (Å²) in [6.07, 6.45) is 2.49. The number of nitrogens with one attached hydrogen (secondary N) is 1. The Hall–Kier alpha value is -3.01. The molecule has 0 spiro atoms. The van der Waals surface area contributed by atoms with Crippen LogP contribution < -0.4 is 5.32 Å². The zero-order valence-electron chi connectivity index (χ0n) is 16.3. The van der Waals surface area contributed by atoms with Crippen molar-refractivity contribution in [2.24, 2.45) is 5.92 Å². The molecule has 2 aromatic heterocycles. The number of carbonyl (C=O) groups excluding carboxylic acids is 1. The van der Waals surface area contributed by atoms with Crippen molar-refractivity contribution in [1.29, 1.82) is 0 Å². The Bertz CT molecular complexity index is 1060. The highest BCUT2D eigenvalue weighted by Gasteiger charge is 2.17. The largest absolute Gasteiger partial charge is 0.326 e. The Morgan fingerprint density at radius 3 is 2.76 bits per heavy atom. The third kappa shape index (κ3) is 4.89. The van der Waals surface area contributed by atoms with Crippen LogP contribution in [-0.4, -0.2) is 30.4 Å². The van der Waals surface area contributed by atoms with Crippen molar-refractivity contribution >= 4 is 33.2 Å². The van der Waals surface area contributed by atoms with Gasteiger partial charge in [0.1, 0.15) is 12.4 Å². The summed E-state index contributed by atoms with van der Waals surface area (Å²) in [5.41, 5.74) is 3.57. The molecule has 3 aromatic rings. The highest BCUT2D eigenvalue weighted by atomic mass is 79.9. The summed E-state index contributed by atoms with van der Waals surface area (Å²) in [6.45, 7) is 6.53. The third-order valence-electron chi connectivity index (χ3n) is 4.56. The number of rotatable bonds is 7. The fourth-order valence-electron chi connectivity index (χ4n) is 2.93. The zero-order chi connectivity index (χ0) is 21.1. The van der Waals surface area contributed by atoms with Gasteiger partial charge in [0.15, 0.2) is 0 Å². The van der Waals surface area contributed by atoms with Gasteiger partial charge in [0.05, 0.1) is 39.8 Å². The fraction of sp³-hybridized carbons (Fsp3) is 0.316. The molecule has 0 saturated heterocycles. The van der Waals surface area contributed by atoms with Gasteiger partial charge < -0.3 is 5.32 Å². The van der Waals surface area contributed by atoms with Gasteiger partial charge in [0.2, 0.25) is 5.91 Å². The van der Waals surface area contributed by atoms with Crippen LogP contribution in [0.2, 0.25) is 0 Å². The summed E-state index contributed by atoms with van der Waals surface area (Å²) < 4.78 is 4.31. The van der Waals surface area contributed by atoms with Crippen LogP contribution in [0.5, 0.6) is 0 Å². The van der Waals surface area contributed by atoms with Gasteiger partial charge in [-0.25, -0.2) is 0 Å². The van der Waals surface area contributed by atoms with Gasteiger partial charge in [-0.2, -0.15) is 10.2 Å². The topological polar surface area (TPSA) is 108 Å². The molecular weight excluding hydrogens is 440 g/mol. The molecule has 1 N–H and O–H groups in total. The number of hydrogen-bond donors (Lipinski definition) is 1. The fourth-order valence-corrected chi connectivity index (χ4v) is 3.21. The van der Waals surface area contributed by atoms with Gasteiger partial charge in [-0.1, -0.05) is 19.1 Å². The lowest BCUT2D eigenvalue weighted by atomic mass is 10.1. The van der Waals surface area contributed by atoms with Crippen molar-refractivity contribution in [2.75, 3.05) is 5.32 Å². The molecule has 1 aromatic carbocycles. The van der Waals surface area contributed by atoms with Crippen molar-refractivity contribution in [1.82, 2.24) is 19.6 Å². The number of carbonyl (C=O) groups is 1. The van der Waals surface area contributed by atoms with Crippen molar-refractivity contribution in [3.05, 3.63) is 68.2 Å². The first-order valence-electron chi connectivity index (χ1n) is 9.00. The number of nitro groups is 1. The number of halogens is 1. The van der Waals surface area contributed by atoms with Crippen LogP contribution in [0.25, 0.3) is 0 Å². The smallest absolute Gasteiger partial charge is 0.306 e. The van der Waals surface area contributed by atoms with Crippen molar-refractivity contribution < 1.29 is 9.72 Å². The molecule has 0 saturated carbocycles. The molecule has 3 rings (SSSR count). The van der Waals surface area contributed by atoms with E-state index in [4.69, 9.17) is 0 Å². The summed E-state index contributed by atoms with van der Waals surface area (Å²) in [7, 11) is 0. The van der Waals surface area contributed by atoms with Crippen LogP contribution in [0.4, 0.5) is 11.4 Å². The lowest BCUT2D eigenvalue weighted by molar-refractivity contribution is -0.385. The van der Waals surface area contributed by atoms with E-state index in [1.807, 2.05) is 42.8 Å². The van der Waals surface area contributed by atoms with Crippen LogP contribution in [0.3, 0.4) is 0 Å². The normalized spacial score (nSPS) is 12.0. The zero-order valence-corrected chi connectivity index (χ0v) is 17.9.